The normalized spacial score (nSPS) is 25.9. The zero-order valence-corrected chi connectivity index (χ0v) is 10.8. The van der Waals surface area contributed by atoms with Crippen LogP contribution in [0.25, 0.3) is 0 Å². The van der Waals surface area contributed by atoms with Gasteiger partial charge >= 0.3 is 0 Å². The number of hydrogen-bond acceptors (Lipinski definition) is 2. The lowest BCUT2D eigenvalue weighted by atomic mass is 10.0. The van der Waals surface area contributed by atoms with Crippen molar-refractivity contribution in [1.82, 2.24) is 10.6 Å². The zero-order valence-electron chi connectivity index (χ0n) is 10.00. The first kappa shape index (κ1) is 13.8. The molecule has 0 bridgehead atoms. The Bertz CT molecular complexity index is 225. The third-order valence-electron chi connectivity index (χ3n) is 3.76. The average molecular weight is 247 g/mol. The van der Waals surface area contributed by atoms with Crippen LogP contribution in [0.4, 0.5) is 0 Å². The van der Waals surface area contributed by atoms with Gasteiger partial charge in [-0.2, -0.15) is 0 Å². The van der Waals surface area contributed by atoms with Crippen LogP contribution < -0.4 is 10.6 Å². The van der Waals surface area contributed by atoms with Crippen LogP contribution in [-0.2, 0) is 4.79 Å². The minimum Gasteiger partial charge on any atom is -0.356 e. The van der Waals surface area contributed by atoms with Crippen molar-refractivity contribution in [3.8, 4) is 0 Å². The Morgan fingerprint density at radius 3 is 2.75 bits per heavy atom. The molecule has 2 rings (SSSR count). The molecule has 0 aromatic heterocycles. The summed E-state index contributed by atoms with van der Waals surface area (Å²) in [6, 6.07) is 0. The van der Waals surface area contributed by atoms with Crippen LogP contribution in [0.3, 0.4) is 0 Å². The molecule has 1 saturated heterocycles. The highest BCUT2D eigenvalue weighted by Gasteiger charge is 2.32. The number of hydrogen-bond donors (Lipinski definition) is 2. The molecule has 2 fully saturated rings. The largest absolute Gasteiger partial charge is 0.356 e. The van der Waals surface area contributed by atoms with Crippen LogP contribution in [0.5, 0.6) is 0 Å². The predicted molar refractivity (Wildman–Crippen MR) is 67.7 cm³/mol. The zero-order chi connectivity index (χ0) is 10.7. The molecule has 2 unspecified atom stereocenters. The molecule has 2 atom stereocenters. The second-order valence-electron chi connectivity index (χ2n) is 5.06. The smallest absolute Gasteiger partial charge is 0.223 e. The molecule has 0 aromatic rings. The van der Waals surface area contributed by atoms with Crippen molar-refractivity contribution in [2.24, 2.45) is 17.8 Å². The van der Waals surface area contributed by atoms with Crippen molar-refractivity contribution in [1.29, 1.82) is 0 Å². The Hall–Kier alpha value is -0.280. The first-order valence-electron chi connectivity index (χ1n) is 6.26. The van der Waals surface area contributed by atoms with Crippen LogP contribution in [0.15, 0.2) is 0 Å². The van der Waals surface area contributed by atoms with Gasteiger partial charge in [-0.1, -0.05) is 6.92 Å². The van der Waals surface area contributed by atoms with Gasteiger partial charge in [0.25, 0.3) is 0 Å². The topological polar surface area (TPSA) is 41.1 Å². The van der Waals surface area contributed by atoms with Gasteiger partial charge < -0.3 is 10.6 Å². The Morgan fingerprint density at radius 1 is 1.44 bits per heavy atom. The monoisotopic (exact) mass is 246 g/mol. The Labute approximate surface area is 104 Å². The van der Waals surface area contributed by atoms with Gasteiger partial charge in [-0.25, -0.2) is 0 Å². The fourth-order valence-electron chi connectivity index (χ4n) is 2.33. The van der Waals surface area contributed by atoms with Gasteiger partial charge in [-0.15, -0.1) is 12.4 Å². The van der Waals surface area contributed by atoms with E-state index >= 15 is 0 Å². The second-order valence-corrected chi connectivity index (χ2v) is 5.06. The molecule has 1 amide bonds. The summed E-state index contributed by atoms with van der Waals surface area (Å²) >= 11 is 0. The van der Waals surface area contributed by atoms with E-state index in [1.807, 2.05) is 0 Å². The van der Waals surface area contributed by atoms with Gasteiger partial charge in [-0.3, -0.25) is 4.79 Å². The highest BCUT2D eigenvalue weighted by Crippen LogP contribution is 2.36. The maximum absolute atomic E-state index is 11.7. The molecular weight excluding hydrogens is 224 g/mol. The summed E-state index contributed by atoms with van der Waals surface area (Å²) in [6.45, 7) is 5.21. The minimum absolute atomic E-state index is 0. The van der Waals surface area contributed by atoms with Gasteiger partial charge in [0.2, 0.25) is 5.91 Å². The van der Waals surface area contributed by atoms with E-state index in [1.165, 1.54) is 19.3 Å². The minimum atomic E-state index is 0. The molecule has 2 N–H and O–H groups in total. The first-order valence-corrected chi connectivity index (χ1v) is 6.26. The number of rotatable bonds is 5. The van der Waals surface area contributed by atoms with Gasteiger partial charge in [0.15, 0.2) is 0 Å². The molecule has 94 valence electrons. The highest BCUT2D eigenvalue weighted by atomic mass is 35.5. The highest BCUT2D eigenvalue weighted by molar-refractivity contribution is 5.85. The molecule has 2 aliphatic rings. The van der Waals surface area contributed by atoms with E-state index < -0.39 is 0 Å². The number of halogens is 1. The molecule has 16 heavy (non-hydrogen) atoms. The third kappa shape index (κ3) is 3.95. The summed E-state index contributed by atoms with van der Waals surface area (Å²) in [6.07, 6.45) is 4.91. The van der Waals surface area contributed by atoms with Crippen molar-refractivity contribution in [3.63, 3.8) is 0 Å². The molecule has 4 heteroatoms. The summed E-state index contributed by atoms with van der Waals surface area (Å²) in [5.41, 5.74) is 0. The number of carbonyl (C=O) groups is 1. The predicted octanol–water partition coefficient (Wildman–Crippen LogP) is 1.57. The second kappa shape index (κ2) is 6.45. The van der Waals surface area contributed by atoms with E-state index in [4.69, 9.17) is 0 Å². The van der Waals surface area contributed by atoms with Crippen LogP contribution in [0, 0.1) is 17.8 Å². The number of nitrogens with one attached hydrogen (secondary N) is 2. The molecular formula is C12H23ClN2O. The van der Waals surface area contributed by atoms with Crippen LogP contribution in [0.2, 0.25) is 0 Å². The van der Waals surface area contributed by atoms with E-state index in [0.717, 1.165) is 32.0 Å². The van der Waals surface area contributed by atoms with Gasteiger partial charge in [0.05, 0.1) is 0 Å². The van der Waals surface area contributed by atoms with E-state index in [2.05, 4.69) is 17.6 Å². The van der Waals surface area contributed by atoms with E-state index in [-0.39, 0.29) is 24.2 Å². The quantitative estimate of drug-likeness (QED) is 0.773. The molecule has 3 nitrogen and oxygen atoms in total. The summed E-state index contributed by atoms with van der Waals surface area (Å²) in [7, 11) is 0. The maximum Gasteiger partial charge on any atom is 0.223 e. The number of carbonyl (C=O) groups excluding carboxylic acids is 1. The lowest BCUT2D eigenvalue weighted by Crippen LogP contribution is -2.32. The summed E-state index contributed by atoms with van der Waals surface area (Å²) in [5, 5.41) is 6.41. The summed E-state index contributed by atoms with van der Waals surface area (Å²) < 4.78 is 0. The van der Waals surface area contributed by atoms with Crippen LogP contribution >= 0.6 is 12.4 Å². The molecule has 0 aromatic carbocycles. The van der Waals surface area contributed by atoms with Crippen molar-refractivity contribution in [2.45, 2.75) is 32.6 Å². The van der Waals surface area contributed by atoms with Gasteiger partial charge in [0, 0.05) is 12.5 Å². The van der Waals surface area contributed by atoms with E-state index in [9.17, 15) is 4.79 Å². The van der Waals surface area contributed by atoms with Crippen LogP contribution in [-0.4, -0.2) is 25.5 Å². The van der Waals surface area contributed by atoms with Crippen molar-refractivity contribution < 1.29 is 4.79 Å². The van der Waals surface area contributed by atoms with E-state index in [0.29, 0.717) is 5.92 Å². The maximum atomic E-state index is 11.7. The van der Waals surface area contributed by atoms with E-state index in [1.54, 1.807) is 0 Å². The van der Waals surface area contributed by atoms with Gasteiger partial charge in [-0.05, 0) is 50.6 Å². The molecule has 0 spiro atoms. The molecule has 1 aliphatic heterocycles. The number of amides is 1. The SMILES string of the molecule is CC(C(=O)NCCC1CCNC1)C1CC1.Cl. The standard InChI is InChI=1S/C12H22N2O.ClH/c1-9(11-2-3-11)12(15)14-7-5-10-4-6-13-8-10;/h9-11,13H,2-8H2,1H3,(H,14,15);1H. The lowest BCUT2D eigenvalue weighted by molar-refractivity contribution is -0.125. The fourth-order valence-corrected chi connectivity index (χ4v) is 2.33. The first-order chi connectivity index (χ1) is 7.27. The molecule has 1 aliphatic carbocycles. The lowest BCUT2D eigenvalue weighted by Gasteiger charge is -2.12. The van der Waals surface area contributed by atoms with Crippen molar-refractivity contribution in [3.05, 3.63) is 0 Å². The summed E-state index contributed by atoms with van der Waals surface area (Å²) in [4.78, 5) is 11.7. The molecule has 1 saturated carbocycles. The molecule has 0 radical (unpaired) electrons. The van der Waals surface area contributed by atoms with Crippen LogP contribution in [0.1, 0.15) is 32.6 Å². The Morgan fingerprint density at radius 2 is 2.19 bits per heavy atom. The van der Waals surface area contributed by atoms with Crippen molar-refractivity contribution in [2.75, 3.05) is 19.6 Å². The fraction of sp³-hybridized carbons (Fsp3) is 0.917. The van der Waals surface area contributed by atoms with Crippen molar-refractivity contribution >= 4 is 18.3 Å². The Kier molecular flexibility index (Phi) is 5.56. The summed E-state index contributed by atoms with van der Waals surface area (Å²) in [5.74, 6) is 1.97. The molecule has 1 heterocycles. The average Bonchev–Trinajstić information content (AvgIpc) is 2.96. The third-order valence-corrected chi connectivity index (χ3v) is 3.76. The van der Waals surface area contributed by atoms with Gasteiger partial charge in [0.1, 0.15) is 0 Å². The Balaban J connectivity index is 0.00000128.